The molecule has 1 aromatic carbocycles. The Morgan fingerprint density at radius 1 is 1.46 bits per heavy atom. The molecule has 13 heavy (non-hydrogen) atoms. The average Bonchev–Trinajstić information content (AvgIpc) is 2.15. The minimum atomic E-state index is -1.26. The lowest BCUT2D eigenvalue weighted by atomic mass is 10.1. The molecule has 0 spiro atoms. The number of benzene rings is 1. The first-order valence-corrected chi connectivity index (χ1v) is 3.79. The Morgan fingerprint density at radius 2 is 2.08 bits per heavy atom. The van der Waals surface area contributed by atoms with Crippen LogP contribution in [-0.2, 0) is 11.3 Å². The van der Waals surface area contributed by atoms with E-state index in [0.29, 0.717) is 0 Å². The summed E-state index contributed by atoms with van der Waals surface area (Å²) in [5, 5.41) is 8.24. The molecule has 3 nitrogen and oxygen atoms in total. The third-order valence-corrected chi connectivity index (χ3v) is 1.58. The molecule has 68 valence electrons. The Labute approximate surface area is 76.3 Å². The monoisotopic (exact) mass is 178 g/mol. The van der Waals surface area contributed by atoms with Crippen LogP contribution in [0.3, 0.4) is 0 Å². The molecule has 0 heterocycles. The second kappa shape index (κ2) is 4.30. The van der Waals surface area contributed by atoms with Crippen molar-refractivity contribution in [3.8, 4) is 0 Å². The summed E-state index contributed by atoms with van der Waals surface area (Å²) >= 11 is 0. The minimum absolute atomic E-state index is 0.0900. The molecule has 0 bridgehead atoms. The Kier molecular flexibility index (Phi) is 3.09. The molecule has 0 unspecified atom stereocenters. The van der Waals surface area contributed by atoms with Gasteiger partial charge in [0.05, 0.1) is 0 Å². The number of hydrogen-bond acceptors (Lipinski definition) is 2. The van der Waals surface area contributed by atoms with Crippen LogP contribution in [0.5, 0.6) is 0 Å². The lowest BCUT2D eigenvalue weighted by Crippen LogP contribution is -1.99. The van der Waals surface area contributed by atoms with E-state index in [9.17, 15) is 4.79 Å². The van der Waals surface area contributed by atoms with Crippen molar-refractivity contribution in [2.75, 3.05) is 0 Å². The Bertz CT molecular complexity index is 300. The van der Waals surface area contributed by atoms with E-state index in [4.69, 9.17) is 5.11 Å². The molecule has 0 saturated carbocycles. The predicted octanol–water partition coefficient (Wildman–Crippen LogP) is 2.52. The number of rotatable bonds is 3. The van der Waals surface area contributed by atoms with Gasteiger partial charge in [0.15, 0.2) is 0 Å². The zero-order valence-electron chi connectivity index (χ0n) is 7.06. The molecule has 0 aromatic heterocycles. The second-order valence-corrected chi connectivity index (χ2v) is 2.50. The van der Waals surface area contributed by atoms with Gasteiger partial charge in [-0.1, -0.05) is 36.9 Å². The van der Waals surface area contributed by atoms with Crippen LogP contribution in [0, 0.1) is 0 Å². The van der Waals surface area contributed by atoms with Gasteiger partial charge in [-0.25, -0.2) is 4.79 Å². The number of carboxylic acid groups (broad SMARTS) is 1. The maximum absolute atomic E-state index is 10.1. The Balaban J connectivity index is 2.59. The summed E-state index contributed by atoms with van der Waals surface area (Å²) in [5.74, 6) is 0. The molecular weight excluding hydrogens is 168 g/mol. The van der Waals surface area contributed by atoms with E-state index in [1.165, 1.54) is 0 Å². The van der Waals surface area contributed by atoms with Crippen molar-refractivity contribution >= 4 is 12.2 Å². The normalized spacial score (nSPS) is 9.23. The smallest absolute Gasteiger partial charge is 0.450 e. The Morgan fingerprint density at radius 3 is 2.54 bits per heavy atom. The highest BCUT2D eigenvalue weighted by Gasteiger charge is 1.97. The van der Waals surface area contributed by atoms with Gasteiger partial charge in [-0.05, 0) is 11.1 Å². The largest absolute Gasteiger partial charge is 0.506 e. The zero-order chi connectivity index (χ0) is 9.68. The standard InChI is InChI=1S/C10H10O3/c1-2-8-3-5-9(6-4-8)7-13-10(11)12/h2-6H,1,7H2,(H,11,12). The highest BCUT2D eigenvalue weighted by Crippen LogP contribution is 2.06. The van der Waals surface area contributed by atoms with Crippen molar-refractivity contribution in [1.82, 2.24) is 0 Å². The maximum Gasteiger partial charge on any atom is 0.506 e. The van der Waals surface area contributed by atoms with Crippen LogP contribution in [0.15, 0.2) is 30.8 Å². The van der Waals surface area contributed by atoms with E-state index in [-0.39, 0.29) is 6.61 Å². The lowest BCUT2D eigenvalue weighted by Gasteiger charge is -2.00. The van der Waals surface area contributed by atoms with Crippen LogP contribution in [0.25, 0.3) is 6.08 Å². The molecule has 1 aromatic rings. The van der Waals surface area contributed by atoms with Gasteiger partial charge in [0.1, 0.15) is 6.61 Å². The lowest BCUT2D eigenvalue weighted by molar-refractivity contribution is 0.0854. The van der Waals surface area contributed by atoms with E-state index < -0.39 is 6.16 Å². The van der Waals surface area contributed by atoms with Crippen LogP contribution >= 0.6 is 0 Å². The molecule has 0 amide bonds. The van der Waals surface area contributed by atoms with Gasteiger partial charge >= 0.3 is 6.16 Å². The van der Waals surface area contributed by atoms with Crippen LogP contribution < -0.4 is 0 Å². The first-order chi connectivity index (χ1) is 6.22. The molecule has 0 fully saturated rings. The average molecular weight is 178 g/mol. The summed E-state index contributed by atoms with van der Waals surface area (Å²) in [6, 6.07) is 7.32. The second-order valence-electron chi connectivity index (χ2n) is 2.50. The molecule has 1 N–H and O–H groups in total. The fourth-order valence-corrected chi connectivity index (χ4v) is 0.895. The summed E-state index contributed by atoms with van der Waals surface area (Å²) in [7, 11) is 0. The van der Waals surface area contributed by atoms with E-state index in [0.717, 1.165) is 11.1 Å². The zero-order valence-corrected chi connectivity index (χ0v) is 7.06. The van der Waals surface area contributed by atoms with Crippen LogP contribution in [0.1, 0.15) is 11.1 Å². The maximum atomic E-state index is 10.1. The van der Waals surface area contributed by atoms with Gasteiger partial charge in [0, 0.05) is 0 Å². The molecule has 1 rings (SSSR count). The number of carbonyl (C=O) groups is 1. The molecule has 0 atom stereocenters. The Hall–Kier alpha value is -1.77. The third kappa shape index (κ3) is 2.99. The van der Waals surface area contributed by atoms with Crippen molar-refractivity contribution in [3.05, 3.63) is 42.0 Å². The van der Waals surface area contributed by atoms with Gasteiger partial charge in [-0.15, -0.1) is 0 Å². The molecule has 3 heteroatoms. The summed E-state index contributed by atoms with van der Waals surface area (Å²) in [6.45, 7) is 3.70. The first-order valence-electron chi connectivity index (χ1n) is 3.79. The summed E-state index contributed by atoms with van der Waals surface area (Å²) < 4.78 is 4.39. The van der Waals surface area contributed by atoms with E-state index in [1.54, 1.807) is 18.2 Å². The van der Waals surface area contributed by atoms with Crippen molar-refractivity contribution in [1.29, 1.82) is 0 Å². The van der Waals surface area contributed by atoms with Crippen molar-refractivity contribution in [2.45, 2.75) is 6.61 Å². The fourth-order valence-electron chi connectivity index (χ4n) is 0.895. The van der Waals surface area contributed by atoms with E-state index in [2.05, 4.69) is 11.3 Å². The number of ether oxygens (including phenoxy) is 1. The summed E-state index contributed by atoms with van der Waals surface area (Å²) in [6.07, 6.45) is 0.467. The summed E-state index contributed by atoms with van der Waals surface area (Å²) in [4.78, 5) is 10.1. The minimum Gasteiger partial charge on any atom is -0.450 e. The number of hydrogen-bond donors (Lipinski definition) is 1. The van der Waals surface area contributed by atoms with Crippen LogP contribution in [-0.4, -0.2) is 11.3 Å². The third-order valence-electron chi connectivity index (χ3n) is 1.58. The highest BCUT2D eigenvalue weighted by molar-refractivity contribution is 5.56. The highest BCUT2D eigenvalue weighted by atomic mass is 16.7. The van der Waals surface area contributed by atoms with E-state index in [1.807, 2.05) is 12.1 Å². The molecule has 0 aliphatic rings. The van der Waals surface area contributed by atoms with Gasteiger partial charge < -0.3 is 9.84 Å². The molecule has 0 aliphatic heterocycles. The van der Waals surface area contributed by atoms with Crippen molar-refractivity contribution in [3.63, 3.8) is 0 Å². The molecule has 0 saturated heterocycles. The topological polar surface area (TPSA) is 46.5 Å². The fraction of sp³-hybridized carbons (Fsp3) is 0.100. The SMILES string of the molecule is C=Cc1ccc(COC(=O)O)cc1. The van der Waals surface area contributed by atoms with Gasteiger partial charge in [-0.2, -0.15) is 0 Å². The van der Waals surface area contributed by atoms with Crippen molar-refractivity contribution in [2.24, 2.45) is 0 Å². The molecular formula is C10H10O3. The summed E-state index contributed by atoms with van der Waals surface area (Å²) in [5.41, 5.74) is 1.83. The van der Waals surface area contributed by atoms with E-state index >= 15 is 0 Å². The molecule has 0 aliphatic carbocycles. The quantitative estimate of drug-likeness (QED) is 0.723. The predicted molar refractivity (Wildman–Crippen MR) is 49.3 cm³/mol. The van der Waals surface area contributed by atoms with Crippen LogP contribution in [0.2, 0.25) is 0 Å². The van der Waals surface area contributed by atoms with Crippen LogP contribution in [0.4, 0.5) is 4.79 Å². The van der Waals surface area contributed by atoms with Gasteiger partial charge in [0.2, 0.25) is 0 Å². The van der Waals surface area contributed by atoms with Gasteiger partial charge in [0.25, 0.3) is 0 Å². The van der Waals surface area contributed by atoms with Gasteiger partial charge in [-0.3, -0.25) is 0 Å². The first kappa shape index (κ1) is 9.32. The molecule has 0 radical (unpaired) electrons. The van der Waals surface area contributed by atoms with Crippen molar-refractivity contribution < 1.29 is 14.6 Å².